The Hall–Kier alpha value is -1.46. The SMILES string of the molecule is COc1cc(/C=C/C(=O)SCCCCO)ccc1O. The van der Waals surface area contributed by atoms with Crippen LogP contribution in [0.3, 0.4) is 0 Å². The van der Waals surface area contributed by atoms with Crippen molar-refractivity contribution in [3.05, 3.63) is 29.8 Å². The number of thioether (sulfide) groups is 1. The number of benzene rings is 1. The van der Waals surface area contributed by atoms with E-state index in [2.05, 4.69) is 0 Å². The van der Waals surface area contributed by atoms with Gasteiger partial charge >= 0.3 is 0 Å². The van der Waals surface area contributed by atoms with Gasteiger partial charge in [0.25, 0.3) is 0 Å². The zero-order valence-electron chi connectivity index (χ0n) is 10.8. The van der Waals surface area contributed by atoms with Gasteiger partial charge in [-0.15, -0.1) is 0 Å². The van der Waals surface area contributed by atoms with Gasteiger partial charge in [0.05, 0.1) is 7.11 Å². The number of hydrogen-bond acceptors (Lipinski definition) is 5. The minimum absolute atomic E-state index is 0.0232. The van der Waals surface area contributed by atoms with E-state index >= 15 is 0 Å². The van der Waals surface area contributed by atoms with Crippen LogP contribution in [0.5, 0.6) is 11.5 Å². The summed E-state index contributed by atoms with van der Waals surface area (Å²) in [4.78, 5) is 11.5. The Balaban J connectivity index is 2.49. The van der Waals surface area contributed by atoms with Crippen molar-refractivity contribution in [3.63, 3.8) is 0 Å². The highest BCUT2D eigenvalue weighted by atomic mass is 32.2. The summed E-state index contributed by atoms with van der Waals surface area (Å²) in [6.07, 6.45) is 4.73. The topological polar surface area (TPSA) is 66.8 Å². The second-order valence-electron chi connectivity index (χ2n) is 3.86. The predicted molar refractivity (Wildman–Crippen MR) is 77.5 cm³/mol. The van der Waals surface area contributed by atoms with E-state index in [1.807, 2.05) is 0 Å². The lowest BCUT2D eigenvalue weighted by Crippen LogP contribution is -1.90. The molecule has 0 bridgehead atoms. The van der Waals surface area contributed by atoms with Gasteiger partial charge < -0.3 is 14.9 Å². The molecule has 0 saturated heterocycles. The zero-order chi connectivity index (χ0) is 14.1. The second-order valence-corrected chi connectivity index (χ2v) is 4.96. The van der Waals surface area contributed by atoms with Gasteiger partial charge in [-0.05, 0) is 36.6 Å². The summed E-state index contributed by atoms with van der Waals surface area (Å²) >= 11 is 1.23. The molecule has 4 nitrogen and oxygen atoms in total. The highest BCUT2D eigenvalue weighted by molar-refractivity contribution is 8.14. The van der Waals surface area contributed by atoms with Gasteiger partial charge in [0.2, 0.25) is 5.12 Å². The Morgan fingerprint density at radius 3 is 2.89 bits per heavy atom. The van der Waals surface area contributed by atoms with Crippen LogP contribution in [-0.4, -0.2) is 34.8 Å². The Morgan fingerprint density at radius 1 is 1.42 bits per heavy atom. The van der Waals surface area contributed by atoms with Gasteiger partial charge in [-0.3, -0.25) is 4.79 Å². The summed E-state index contributed by atoms with van der Waals surface area (Å²) < 4.78 is 4.99. The summed E-state index contributed by atoms with van der Waals surface area (Å²) in [6.45, 7) is 0.165. The molecule has 0 aromatic heterocycles. The summed E-state index contributed by atoms with van der Waals surface area (Å²) in [5.74, 6) is 1.16. The molecule has 0 saturated carbocycles. The molecule has 1 aromatic rings. The molecule has 2 N–H and O–H groups in total. The average molecular weight is 282 g/mol. The molecule has 5 heteroatoms. The molecule has 0 aliphatic heterocycles. The number of rotatable bonds is 7. The summed E-state index contributed by atoms with van der Waals surface area (Å²) in [6, 6.07) is 4.89. The van der Waals surface area contributed by atoms with Crippen LogP contribution < -0.4 is 4.74 Å². The first-order valence-corrected chi connectivity index (χ1v) is 6.98. The largest absolute Gasteiger partial charge is 0.504 e. The highest BCUT2D eigenvalue weighted by Gasteiger charge is 2.01. The van der Waals surface area contributed by atoms with Gasteiger partial charge in [-0.1, -0.05) is 23.9 Å². The third kappa shape index (κ3) is 5.81. The Bertz CT molecular complexity index is 443. The second kappa shape index (κ2) is 8.61. The molecular weight excluding hydrogens is 264 g/mol. The molecule has 1 aromatic carbocycles. The average Bonchev–Trinajstić information content (AvgIpc) is 2.42. The Labute approximate surface area is 117 Å². The lowest BCUT2D eigenvalue weighted by atomic mass is 10.2. The maximum absolute atomic E-state index is 11.5. The maximum Gasteiger partial charge on any atom is 0.212 e. The molecule has 0 aliphatic carbocycles. The first-order valence-electron chi connectivity index (χ1n) is 6.00. The van der Waals surface area contributed by atoms with E-state index in [1.165, 1.54) is 31.0 Å². The van der Waals surface area contributed by atoms with E-state index in [0.29, 0.717) is 11.5 Å². The number of carbonyl (C=O) groups excluding carboxylic acids is 1. The number of aliphatic hydroxyl groups is 1. The Morgan fingerprint density at radius 2 is 2.21 bits per heavy atom. The summed E-state index contributed by atoms with van der Waals surface area (Å²) in [5.41, 5.74) is 0.791. The lowest BCUT2D eigenvalue weighted by molar-refractivity contribution is -0.107. The fourth-order valence-corrected chi connectivity index (χ4v) is 2.11. The number of hydrogen-bond donors (Lipinski definition) is 2. The fourth-order valence-electron chi connectivity index (χ4n) is 1.40. The van der Waals surface area contributed by atoms with Gasteiger partial charge in [0, 0.05) is 12.4 Å². The highest BCUT2D eigenvalue weighted by Crippen LogP contribution is 2.26. The van der Waals surface area contributed by atoms with Crippen LogP contribution in [0, 0.1) is 0 Å². The number of aliphatic hydroxyl groups excluding tert-OH is 1. The quantitative estimate of drug-likeness (QED) is 0.594. The van der Waals surface area contributed by atoms with Gasteiger partial charge in [0.15, 0.2) is 11.5 Å². The normalized spacial score (nSPS) is 10.8. The van der Waals surface area contributed by atoms with Gasteiger partial charge in [-0.2, -0.15) is 0 Å². The van der Waals surface area contributed by atoms with Crippen molar-refractivity contribution in [3.8, 4) is 11.5 Å². The number of unbranched alkanes of at least 4 members (excludes halogenated alkanes) is 1. The molecule has 104 valence electrons. The molecule has 0 atom stereocenters. The van der Waals surface area contributed by atoms with Crippen molar-refractivity contribution in [1.82, 2.24) is 0 Å². The van der Waals surface area contributed by atoms with Crippen LogP contribution in [0.15, 0.2) is 24.3 Å². The molecular formula is C14H18O4S. The van der Waals surface area contributed by atoms with E-state index in [1.54, 1.807) is 18.2 Å². The van der Waals surface area contributed by atoms with Crippen molar-refractivity contribution < 1.29 is 19.7 Å². The molecule has 0 fully saturated rings. The van der Waals surface area contributed by atoms with E-state index in [9.17, 15) is 9.90 Å². The number of phenols is 1. The number of aromatic hydroxyl groups is 1. The van der Waals surface area contributed by atoms with Crippen LogP contribution >= 0.6 is 11.8 Å². The van der Waals surface area contributed by atoms with E-state index in [4.69, 9.17) is 9.84 Å². The number of methoxy groups -OCH3 is 1. The number of carbonyl (C=O) groups is 1. The first-order chi connectivity index (χ1) is 9.17. The third-order valence-electron chi connectivity index (χ3n) is 2.41. The molecule has 0 aliphatic rings. The van der Waals surface area contributed by atoms with Crippen LogP contribution in [0.25, 0.3) is 6.08 Å². The predicted octanol–water partition coefficient (Wildman–Crippen LogP) is 2.45. The van der Waals surface area contributed by atoms with Gasteiger partial charge in [0.1, 0.15) is 0 Å². The third-order valence-corrected chi connectivity index (χ3v) is 3.33. The van der Waals surface area contributed by atoms with Crippen molar-refractivity contribution >= 4 is 23.0 Å². The van der Waals surface area contributed by atoms with Crippen molar-refractivity contribution in [2.24, 2.45) is 0 Å². The maximum atomic E-state index is 11.5. The molecule has 19 heavy (non-hydrogen) atoms. The van der Waals surface area contributed by atoms with Crippen LogP contribution in [0.1, 0.15) is 18.4 Å². The Kier molecular flexibility index (Phi) is 7.07. The number of ether oxygens (including phenoxy) is 1. The van der Waals surface area contributed by atoms with Crippen molar-refractivity contribution in [1.29, 1.82) is 0 Å². The molecule has 0 unspecified atom stereocenters. The minimum Gasteiger partial charge on any atom is -0.504 e. The summed E-state index contributed by atoms with van der Waals surface area (Å²) in [7, 11) is 1.48. The van der Waals surface area contributed by atoms with E-state index in [0.717, 1.165) is 18.4 Å². The van der Waals surface area contributed by atoms with E-state index in [-0.39, 0.29) is 17.5 Å². The van der Waals surface area contributed by atoms with Crippen LogP contribution in [0.4, 0.5) is 0 Å². The smallest absolute Gasteiger partial charge is 0.212 e. The van der Waals surface area contributed by atoms with Crippen LogP contribution in [0.2, 0.25) is 0 Å². The molecule has 0 amide bonds. The lowest BCUT2D eigenvalue weighted by Gasteiger charge is -2.03. The monoisotopic (exact) mass is 282 g/mol. The van der Waals surface area contributed by atoms with Gasteiger partial charge in [-0.25, -0.2) is 0 Å². The van der Waals surface area contributed by atoms with Crippen molar-refractivity contribution in [2.75, 3.05) is 19.5 Å². The molecule has 0 radical (unpaired) electrons. The van der Waals surface area contributed by atoms with Crippen molar-refractivity contribution in [2.45, 2.75) is 12.8 Å². The fraction of sp³-hybridized carbons (Fsp3) is 0.357. The standard InChI is InChI=1S/C14H18O4S/c1-18-13-10-11(4-6-12(13)16)5-7-14(17)19-9-3-2-8-15/h4-7,10,15-16H,2-3,8-9H2,1H3/b7-5+. The molecule has 0 heterocycles. The van der Waals surface area contributed by atoms with E-state index < -0.39 is 0 Å². The molecule has 0 spiro atoms. The minimum atomic E-state index is -0.0232. The first kappa shape index (κ1) is 15.6. The number of phenolic OH excluding ortho intramolecular Hbond substituents is 1. The molecule has 1 rings (SSSR count). The summed E-state index contributed by atoms with van der Waals surface area (Å²) in [5, 5.41) is 18.0. The zero-order valence-corrected chi connectivity index (χ0v) is 11.7. The van der Waals surface area contributed by atoms with Crippen LogP contribution in [-0.2, 0) is 4.79 Å².